The minimum atomic E-state index is -2.66. The first-order valence-electron chi connectivity index (χ1n) is 3.81. The molecule has 0 unspecified atom stereocenters. The van der Waals surface area contributed by atoms with Gasteiger partial charge in [0.05, 0.1) is 7.11 Å². The van der Waals surface area contributed by atoms with Crippen molar-refractivity contribution in [1.82, 2.24) is 4.98 Å². The number of methoxy groups -OCH3 is 1. The van der Waals surface area contributed by atoms with Crippen LogP contribution in [-0.4, -0.2) is 12.1 Å². The zero-order valence-electron chi connectivity index (χ0n) is 7.43. The van der Waals surface area contributed by atoms with Crippen molar-refractivity contribution in [2.45, 2.75) is 13.0 Å². The standard InChI is InChI=1S/C8H9BrF2N2O/c1-14-7-4(2-12)5(9)3-13-6(7)8(10)11/h3,8H,2,12H2,1H3. The molecule has 0 aromatic carbocycles. The quantitative estimate of drug-likeness (QED) is 0.913. The number of alkyl halides is 2. The van der Waals surface area contributed by atoms with Crippen molar-refractivity contribution in [3.8, 4) is 5.75 Å². The highest BCUT2D eigenvalue weighted by Crippen LogP contribution is 2.33. The van der Waals surface area contributed by atoms with Gasteiger partial charge in [0, 0.05) is 22.8 Å². The fourth-order valence-electron chi connectivity index (χ4n) is 1.10. The van der Waals surface area contributed by atoms with Crippen LogP contribution in [0.2, 0.25) is 0 Å². The van der Waals surface area contributed by atoms with E-state index in [4.69, 9.17) is 10.5 Å². The van der Waals surface area contributed by atoms with E-state index in [2.05, 4.69) is 20.9 Å². The van der Waals surface area contributed by atoms with E-state index in [0.717, 1.165) is 0 Å². The number of nitrogens with two attached hydrogens (primary N) is 1. The Labute approximate surface area is 88.4 Å². The van der Waals surface area contributed by atoms with Gasteiger partial charge in [-0.15, -0.1) is 0 Å². The predicted octanol–water partition coefficient (Wildman–Crippen LogP) is 2.25. The van der Waals surface area contributed by atoms with Crippen LogP contribution in [0.25, 0.3) is 0 Å². The Balaban J connectivity index is 3.33. The molecule has 6 heteroatoms. The van der Waals surface area contributed by atoms with Gasteiger partial charge in [0.2, 0.25) is 0 Å². The normalized spacial score (nSPS) is 10.7. The van der Waals surface area contributed by atoms with Crippen LogP contribution in [0.4, 0.5) is 8.78 Å². The Morgan fingerprint density at radius 2 is 2.29 bits per heavy atom. The van der Waals surface area contributed by atoms with E-state index in [1.54, 1.807) is 0 Å². The maximum Gasteiger partial charge on any atom is 0.284 e. The van der Waals surface area contributed by atoms with Gasteiger partial charge in [-0.3, -0.25) is 4.98 Å². The van der Waals surface area contributed by atoms with Crippen molar-refractivity contribution in [3.63, 3.8) is 0 Å². The lowest BCUT2D eigenvalue weighted by molar-refractivity contribution is 0.141. The molecule has 1 aromatic rings. The van der Waals surface area contributed by atoms with Crippen LogP contribution in [0, 0.1) is 0 Å². The summed E-state index contributed by atoms with van der Waals surface area (Å²) in [5, 5.41) is 0. The fourth-order valence-corrected chi connectivity index (χ4v) is 1.54. The molecule has 0 aliphatic carbocycles. The number of nitrogens with zero attached hydrogens (tertiary/aromatic N) is 1. The molecule has 1 heterocycles. The molecule has 0 aliphatic rings. The minimum absolute atomic E-state index is 0.0527. The van der Waals surface area contributed by atoms with E-state index in [0.29, 0.717) is 10.0 Å². The van der Waals surface area contributed by atoms with Crippen molar-refractivity contribution < 1.29 is 13.5 Å². The summed E-state index contributed by atoms with van der Waals surface area (Å²) in [6.45, 7) is 0.117. The largest absolute Gasteiger partial charge is 0.494 e. The Hall–Kier alpha value is -0.750. The van der Waals surface area contributed by atoms with Crippen LogP contribution in [0.1, 0.15) is 17.7 Å². The van der Waals surface area contributed by atoms with Crippen LogP contribution in [-0.2, 0) is 6.54 Å². The molecule has 0 spiro atoms. The van der Waals surface area contributed by atoms with Crippen LogP contribution in [0.15, 0.2) is 10.7 Å². The average Bonchev–Trinajstić information content (AvgIpc) is 2.16. The molecule has 0 saturated carbocycles. The van der Waals surface area contributed by atoms with Gasteiger partial charge >= 0.3 is 0 Å². The van der Waals surface area contributed by atoms with Crippen molar-refractivity contribution >= 4 is 15.9 Å². The molecule has 78 valence electrons. The molecule has 0 saturated heterocycles. The lowest BCUT2D eigenvalue weighted by Crippen LogP contribution is -2.06. The van der Waals surface area contributed by atoms with E-state index in [9.17, 15) is 8.78 Å². The Morgan fingerprint density at radius 3 is 2.71 bits per heavy atom. The van der Waals surface area contributed by atoms with Crippen molar-refractivity contribution in [2.75, 3.05) is 7.11 Å². The van der Waals surface area contributed by atoms with Gasteiger partial charge in [-0.25, -0.2) is 8.78 Å². The maximum absolute atomic E-state index is 12.5. The first kappa shape index (κ1) is 11.3. The number of halogens is 3. The first-order valence-corrected chi connectivity index (χ1v) is 4.60. The summed E-state index contributed by atoms with van der Waals surface area (Å²) in [6.07, 6.45) is -1.37. The third-order valence-electron chi connectivity index (χ3n) is 1.73. The Bertz CT molecular complexity index is 333. The van der Waals surface area contributed by atoms with Crippen LogP contribution in [0.5, 0.6) is 5.75 Å². The van der Waals surface area contributed by atoms with Crippen molar-refractivity contribution in [2.24, 2.45) is 5.73 Å². The predicted molar refractivity (Wildman–Crippen MR) is 51.3 cm³/mol. The van der Waals surface area contributed by atoms with Crippen LogP contribution in [0.3, 0.4) is 0 Å². The van der Waals surface area contributed by atoms with E-state index in [-0.39, 0.29) is 18.0 Å². The summed E-state index contributed by atoms with van der Waals surface area (Å²) in [5.74, 6) is 0.0527. The summed E-state index contributed by atoms with van der Waals surface area (Å²) < 4.78 is 30.4. The van der Waals surface area contributed by atoms with Gasteiger partial charge in [-0.1, -0.05) is 0 Å². The van der Waals surface area contributed by atoms with E-state index < -0.39 is 6.43 Å². The first-order chi connectivity index (χ1) is 6.61. The number of pyridine rings is 1. The monoisotopic (exact) mass is 266 g/mol. The zero-order valence-corrected chi connectivity index (χ0v) is 9.01. The highest BCUT2D eigenvalue weighted by Gasteiger charge is 2.20. The third-order valence-corrected chi connectivity index (χ3v) is 2.41. The topological polar surface area (TPSA) is 48.1 Å². The van der Waals surface area contributed by atoms with Gasteiger partial charge < -0.3 is 10.5 Å². The number of hydrogen-bond acceptors (Lipinski definition) is 3. The molecule has 0 aliphatic heterocycles. The van der Waals surface area contributed by atoms with Crippen LogP contribution >= 0.6 is 15.9 Å². The molecule has 0 fully saturated rings. The number of rotatable bonds is 3. The fraction of sp³-hybridized carbons (Fsp3) is 0.375. The molecule has 0 amide bonds. The van der Waals surface area contributed by atoms with Crippen molar-refractivity contribution in [3.05, 3.63) is 21.9 Å². The van der Waals surface area contributed by atoms with E-state index in [1.165, 1.54) is 13.3 Å². The summed E-state index contributed by atoms with van der Waals surface area (Å²) >= 11 is 3.16. The summed E-state index contributed by atoms with van der Waals surface area (Å²) in [4.78, 5) is 3.58. The van der Waals surface area contributed by atoms with Gasteiger partial charge in [0.25, 0.3) is 6.43 Å². The molecule has 1 aromatic heterocycles. The lowest BCUT2D eigenvalue weighted by Gasteiger charge is -2.12. The highest BCUT2D eigenvalue weighted by molar-refractivity contribution is 9.10. The van der Waals surface area contributed by atoms with E-state index >= 15 is 0 Å². The van der Waals surface area contributed by atoms with Gasteiger partial charge in [0.15, 0.2) is 5.75 Å². The molecule has 0 bridgehead atoms. The van der Waals surface area contributed by atoms with Crippen molar-refractivity contribution in [1.29, 1.82) is 0 Å². The minimum Gasteiger partial charge on any atom is -0.494 e. The molecule has 0 radical (unpaired) electrons. The number of aromatic nitrogens is 1. The zero-order chi connectivity index (χ0) is 10.7. The van der Waals surface area contributed by atoms with E-state index in [1.807, 2.05) is 0 Å². The van der Waals surface area contributed by atoms with Gasteiger partial charge in [-0.05, 0) is 15.9 Å². The second kappa shape index (κ2) is 4.65. The summed E-state index contributed by atoms with van der Waals surface area (Å²) in [7, 11) is 1.31. The van der Waals surface area contributed by atoms with Crippen LogP contribution < -0.4 is 10.5 Å². The summed E-state index contributed by atoms with van der Waals surface area (Å²) in [6, 6.07) is 0. The molecule has 2 N–H and O–H groups in total. The Morgan fingerprint density at radius 1 is 1.64 bits per heavy atom. The van der Waals surface area contributed by atoms with Gasteiger partial charge in [-0.2, -0.15) is 0 Å². The second-order valence-electron chi connectivity index (χ2n) is 2.51. The summed E-state index contributed by atoms with van der Waals surface area (Å²) in [5.41, 5.74) is 5.53. The maximum atomic E-state index is 12.5. The molecule has 14 heavy (non-hydrogen) atoms. The lowest BCUT2D eigenvalue weighted by atomic mass is 10.2. The Kier molecular flexibility index (Phi) is 3.77. The molecule has 1 rings (SSSR count). The SMILES string of the molecule is COc1c(C(F)F)ncc(Br)c1CN. The molecular weight excluding hydrogens is 258 g/mol. The molecule has 3 nitrogen and oxygen atoms in total. The second-order valence-corrected chi connectivity index (χ2v) is 3.36. The molecule has 0 atom stereocenters. The highest BCUT2D eigenvalue weighted by atomic mass is 79.9. The number of hydrogen-bond donors (Lipinski definition) is 1. The van der Waals surface area contributed by atoms with Gasteiger partial charge in [0.1, 0.15) is 5.69 Å². The third kappa shape index (κ3) is 2.01. The molecular formula is C8H9BrF2N2O. The smallest absolute Gasteiger partial charge is 0.284 e. The average molecular weight is 267 g/mol. The number of ether oxygens (including phenoxy) is 1.